The van der Waals surface area contributed by atoms with E-state index in [0.29, 0.717) is 30.5 Å². The standard InChI is InChI=1S/C25H22N4O2/c1-28-15-16-29(25-24(28)26-20-12-6-7-13-21(20)27-25)23(30)17-31-22-14-8-5-11-19(22)18-9-3-2-4-10-18/h2-14H,15-17H2,1H3. The second kappa shape index (κ2) is 8.07. The first-order valence-electron chi connectivity index (χ1n) is 10.3. The summed E-state index contributed by atoms with van der Waals surface area (Å²) in [6.45, 7) is 1.16. The van der Waals surface area contributed by atoms with Gasteiger partial charge in [-0.1, -0.05) is 60.7 Å². The zero-order valence-electron chi connectivity index (χ0n) is 17.2. The lowest BCUT2D eigenvalue weighted by Crippen LogP contribution is -2.45. The molecule has 6 nitrogen and oxygen atoms in total. The number of nitrogens with zero attached hydrogens (tertiary/aromatic N) is 4. The van der Waals surface area contributed by atoms with E-state index in [4.69, 9.17) is 14.7 Å². The third-order valence-corrected chi connectivity index (χ3v) is 5.43. The predicted molar refractivity (Wildman–Crippen MR) is 123 cm³/mol. The summed E-state index contributed by atoms with van der Waals surface area (Å²) < 4.78 is 5.98. The van der Waals surface area contributed by atoms with Gasteiger partial charge < -0.3 is 9.64 Å². The normalized spacial score (nSPS) is 13.2. The number of carbonyl (C=O) groups excluding carboxylic acids is 1. The van der Waals surface area contributed by atoms with E-state index in [1.807, 2.05) is 90.8 Å². The van der Waals surface area contributed by atoms with Crippen molar-refractivity contribution in [1.82, 2.24) is 9.97 Å². The third-order valence-electron chi connectivity index (χ3n) is 5.43. The SMILES string of the molecule is CN1CCN(C(=O)COc2ccccc2-c2ccccc2)c2nc3ccccc3nc21. The van der Waals surface area contributed by atoms with Crippen molar-refractivity contribution in [2.75, 3.05) is 36.5 Å². The average Bonchev–Trinajstić information content (AvgIpc) is 2.82. The van der Waals surface area contributed by atoms with E-state index < -0.39 is 0 Å². The van der Waals surface area contributed by atoms with Crippen LogP contribution in [-0.4, -0.2) is 42.6 Å². The molecule has 0 spiro atoms. The molecule has 154 valence electrons. The minimum atomic E-state index is -0.137. The summed E-state index contributed by atoms with van der Waals surface area (Å²) in [4.78, 5) is 26.3. The molecule has 0 bridgehead atoms. The summed E-state index contributed by atoms with van der Waals surface area (Å²) in [5.74, 6) is 1.84. The first-order chi connectivity index (χ1) is 15.2. The first-order valence-corrected chi connectivity index (χ1v) is 10.3. The maximum absolute atomic E-state index is 13.1. The first kappa shape index (κ1) is 19.1. The number of benzene rings is 3. The van der Waals surface area contributed by atoms with Gasteiger partial charge in [0.1, 0.15) is 5.75 Å². The molecule has 0 N–H and O–H groups in total. The second-order valence-electron chi connectivity index (χ2n) is 7.48. The van der Waals surface area contributed by atoms with Gasteiger partial charge in [-0.3, -0.25) is 9.69 Å². The Balaban J connectivity index is 1.41. The van der Waals surface area contributed by atoms with Crippen LogP contribution in [0.15, 0.2) is 78.9 Å². The highest BCUT2D eigenvalue weighted by Crippen LogP contribution is 2.32. The minimum absolute atomic E-state index is 0.0679. The van der Waals surface area contributed by atoms with E-state index >= 15 is 0 Å². The zero-order valence-corrected chi connectivity index (χ0v) is 17.2. The Hall–Kier alpha value is -3.93. The number of carbonyl (C=O) groups is 1. The quantitative estimate of drug-likeness (QED) is 0.506. The highest BCUT2D eigenvalue weighted by atomic mass is 16.5. The van der Waals surface area contributed by atoms with E-state index in [1.165, 1.54) is 0 Å². The number of para-hydroxylation sites is 3. The third kappa shape index (κ3) is 3.68. The van der Waals surface area contributed by atoms with Crippen molar-refractivity contribution < 1.29 is 9.53 Å². The van der Waals surface area contributed by atoms with Gasteiger partial charge in [-0.2, -0.15) is 0 Å². The molecule has 1 aliphatic rings. The topological polar surface area (TPSA) is 58.6 Å². The molecule has 6 heteroatoms. The Morgan fingerprint density at radius 2 is 1.48 bits per heavy atom. The van der Waals surface area contributed by atoms with Crippen LogP contribution in [0.1, 0.15) is 0 Å². The van der Waals surface area contributed by atoms with Crippen molar-refractivity contribution in [3.05, 3.63) is 78.9 Å². The number of amides is 1. The number of hydrogen-bond acceptors (Lipinski definition) is 5. The summed E-state index contributed by atoms with van der Waals surface area (Å²) >= 11 is 0. The molecule has 1 amide bonds. The van der Waals surface area contributed by atoms with Gasteiger partial charge in [-0.05, 0) is 23.8 Å². The van der Waals surface area contributed by atoms with E-state index in [1.54, 1.807) is 4.90 Å². The van der Waals surface area contributed by atoms with E-state index in [2.05, 4.69) is 0 Å². The van der Waals surface area contributed by atoms with Gasteiger partial charge in [0.05, 0.1) is 11.0 Å². The minimum Gasteiger partial charge on any atom is -0.483 e. The van der Waals surface area contributed by atoms with Crippen molar-refractivity contribution in [1.29, 1.82) is 0 Å². The van der Waals surface area contributed by atoms with Crippen molar-refractivity contribution in [2.24, 2.45) is 0 Å². The maximum atomic E-state index is 13.1. The summed E-state index contributed by atoms with van der Waals surface area (Å²) in [6, 6.07) is 25.5. The molecule has 1 aliphatic heterocycles. The summed E-state index contributed by atoms with van der Waals surface area (Å²) in [5.41, 5.74) is 3.59. The monoisotopic (exact) mass is 410 g/mol. The second-order valence-corrected chi connectivity index (χ2v) is 7.48. The molecule has 0 saturated carbocycles. The highest BCUT2D eigenvalue weighted by molar-refractivity contribution is 5.98. The van der Waals surface area contributed by atoms with E-state index in [0.717, 1.165) is 22.2 Å². The number of fused-ring (bicyclic) bond motifs is 2. The number of hydrogen-bond donors (Lipinski definition) is 0. The molecule has 31 heavy (non-hydrogen) atoms. The molecule has 0 aliphatic carbocycles. The molecule has 0 atom stereocenters. The van der Waals surface area contributed by atoms with Gasteiger partial charge in [0.25, 0.3) is 5.91 Å². The number of rotatable bonds is 4. The molecule has 2 heterocycles. The van der Waals surface area contributed by atoms with Crippen molar-refractivity contribution in [3.8, 4) is 16.9 Å². The van der Waals surface area contributed by atoms with Gasteiger partial charge in [-0.15, -0.1) is 0 Å². The largest absolute Gasteiger partial charge is 0.483 e. The fraction of sp³-hybridized carbons (Fsp3) is 0.160. The van der Waals surface area contributed by atoms with Crippen LogP contribution in [0, 0.1) is 0 Å². The lowest BCUT2D eigenvalue weighted by atomic mass is 10.1. The molecular formula is C25H22N4O2. The lowest BCUT2D eigenvalue weighted by Gasteiger charge is -2.33. The molecular weight excluding hydrogens is 388 g/mol. The number of likely N-dealkylation sites (N-methyl/N-ethyl adjacent to an activating group) is 1. The van der Waals surface area contributed by atoms with Crippen LogP contribution in [-0.2, 0) is 4.79 Å². The van der Waals surface area contributed by atoms with Crippen LogP contribution in [0.3, 0.4) is 0 Å². The van der Waals surface area contributed by atoms with Crippen LogP contribution in [0.25, 0.3) is 22.2 Å². The molecule has 0 fully saturated rings. The number of ether oxygens (including phenoxy) is 1. The highest BCUT2D eigenvalue weighted by Gasteiger charge is 2.28. The molecule has 0 unspecified atom stereocenters. The van der Waals surface area contributed by atoms with Gasteiger partial charge in [-0.25, -0.2) is 9.97 Å². The van der Waals surface area contributed by atoms with Crippen LogP contribution in [0.4, 0.5) is 11.6 Å². The zero-order chi connectivity index (χ0) is 21.2. The molecule has 0 radical (unpaired) electrons. The Kier molecular flexibility index (Phi) is 4.96. The summed E-state index contributed by atoms with van der Waals surface area (Å²) in [5, 5.41) is 0. The Morgan fingerprint density at radius 1 is 0.839 bits per heavy atom. The fourth-order valence-electron chi connectivity index (χ4n) is 3.79. The maximum Gasteiger partial charge on any atom is 0.266 e. The summed E-state index contributed by atoms with van der Waals surface area (Å²) in [7, 11) is 1.97. The summed E-state index contributed by atoms with van der Waals surface area (Å²) in [6.07, 6.45) is 0. The fourth-order valence-corrected chi connectivity index (χ4v) is 3.79. The van der Waals surface area contributed by atoms with Crippen LogP contribution < -0.4 is 14.5 Å². The molecule has 0 saturated heterocycles. The molecule has 3 aromatic carbocycles. The molecule has 1 aromatic heterocycles. The average molecular weight is 410 g/mol. The van der Waals surface area contributed by atoms with E-state index in [9.17, 15) is 4.79 Å². The van der Waals surface area contributed by atoms with Gasteiger partial charge in [0.15, 0.2) is 18.2 Å². The number of aromatic nitrogens is 2. The number of anilines is 2. The van der Waals surface area contributed by atoms with Crippen molar-refractivity contribution >= 4 is 28.6 Å². The Labute approximate surface area is 180 Å². The van der Waals surface area contributed by atoms with Gasteiger partial charge in [0.2, 0.25) is 0 Å². The smallest absolute Gasteiger partial charge is 0.266 e. The predicted octanol–water partition coefficient (Wildman–Crippen LogP) is 4.16. The van der Waals surface area contributed by atoms with Crippen molar-refractivity contribution in [2.45, 2.75) is 0 Å². The van der Waals surface area contributed by atoms with Crippen LogP contribution in [0.5, 0.6) is 5.75 Å². The molecule has 4 aromatic rings. The van der Waals surface area contributed by atoms with Gasteiger partial charge >= 0.3 is 0 Å². The van der Waals surface area contributed by atoms with Crippen LogP contribution >= 0.6 is 0 Å². The Bertz CT molecular complexity index is 1240. The van der Waals surface area contributed by atoms with Crippen LogP contribution in [0.2, 0.25) is 0 Å². The Morgan fingerprint density at radius 3 is 2.26 bits per heavy atom. The van der Waals surface area contributed by atoms with Gasteiger partial charge in [0, 0.05) is 25.7 Å². The lowest BCUT2D eigenvalue weighted by molar-refractivity contribution is -0.120. The molecule has 5 rings (SSSR count). The van der Waals surface area contributed by atoms with E-state index in [-0.39, 0.29) is 12.5 Å². The van der Waals surface area contributed by atoms with Crippen molar-refractivity contribution in [3.63, 3.8) is 0 Å².